The summed E-state index contributed by atoms with van der Waals surface area (Å²) in [6.07, 6.45) is 1.57. The quantitative estimate of drug-likeness (QED) is 0.701. The molecular formula is C13H20N2O3. The summed E-state index contributed by atoms with van der Waals surface area (Å²) in [6.45, 7) is 4.39. The highest BCUT2D eigenvalue weighted by Gasteiger charge is 2.10. The van der Waals surface area contributed by atoms with Gasteiger partial charge in [0.05, 0.1) is 0 Å². The van der Waals surface area contributed by atoms with Crippen LogP contribution in [0, 0.1) is 12.8 Å². The van der Waals surface area contributed by atoms with E-state index in [0.717, 1.165) is 6.42 Å². The minimum Gasteiger partial charge on any atom is -0.396 e. The second kappa shape index (κ2) is 6.96. The lowest BCUT2D eigenvalue weighted by Gasteiger charge is -2.14. The molecule has 0 fully saturated rings. The number of hydrogen-bond acceptors (Lipinski definition) is 3. The van der Waals surface area contributed by atoms with Crippen molar-refractivity contribution >= 4 is 5.91 Å². The number of aliphatic hydroxyl groups is 1. The highest BCUT2D eigenvalue weighted by molar-refractivity contribution is 5.94. The van der Waals surface area contributed by atoms with E-state index in [1.54, 1.807) is 13.0 Å². The van der Waals surface area contributed by atoms with Crippen molar-refractivity contribution in [3.05, 3.63) is 33.7 Å². The van der Waals surface area contributed by atoms with Crippen molar-refractivity contribution in [2.24, 2.45) is 5.92 Å². The molecule has 0 saturated heterocycles. The van der Waals surface area contributed by atoms with Crippen molar-refractivity contribution in [2.45, 2.75) is 26.7 Å². The summed E-state index contributed by atoms with van der Waals surface area (Å²) in [5.74, 6) is 0.0163. The van der Waals surface area contributed by atoms with Crippen LogP contribution in [0.4, 0.5) is 0 Å². The lowest BCUT2D eigenvalue weighted by atomic mass is 10.0. The molecule has 1 rings (SSSR count). The Morgan fingerprint density at radius 3 is 2.78 bits per heavy atom. The van der Waals surface area contributed by atoms with Crippen LogP contribution in [0.25, 0.3) is 0 Å². The molecule has 1 amide bonds. The zero-order valence-corrected chi connectivity index (χ0v) is 10.8. The van der Waals surface area contributed by atoms with Gasteiger partial charge < -0.3 is 15.4 Å². The van der Waals surface area contributed by atoms with Crippen LogP contribution in [-0.4, -0.2) is 29.1 Å². The summed E-state index contributed by atoms with van der Waals surface area (Å²) >= 11 is 0. The number of amides is 1. The van der Waals surface area contributed by atoms with E-state index < -0.39 is 0 Å². The minimum atomic E-state index is -0.275. The van der Waals surface area contributed by atoms with E-state index in [1.807, 2.05) is 6.92 Å². The molecule has 5 heteroatoms. The number of carbonyl (C=O) groups is 1. The number of aryl methyl sites for hydroxylation is 1. The zero-order chi connectivity index (χ0) is 13.5. The third-order valence-electron chi connectivity index (χ3n) is 2.91. The van der Waals surface area contributed by atoms with Crippen LogP contribution in [0.3, 0.4) is 0 Å². The molecule has 1 aromatic rings. The van der Waals surface area contributed by atoms with E-state index in [0.29, 0.717) is 24.2 Å². The Hall–Kier alpha value is -1.62. The summed E-state index contributed by atoms with van der Waals surface area (Å²) in [6, 6.07) is 2.93. The molecule has 1 heterocycles. The third-order valence-corrected chi connectivity index (χ3v) is 2.91. The number of nitrogens with one attached hydrogen (secondary N) is 2. The number of aromatic nitrogens is 1. The summed E-state index contributed by atoms with van der Waals surface area (Å²) < 4.78 is 0. The number of aromatic amines is 1. The first-order chi connectivity index (χ1) is 8.56. The molecule has 0 saturated carbocycles. The number of aliphatic hydroxyl groups excluding tert-OH is 1. The molecule has 1 atom stereocenters. The van der Waals surface area contributed by atoms with Gasteiger partial charge in [0.1, 0.15) is 0 Å². The van der Waals surface area contributed by atoms with Gasteiger partial charge in [0, 0.05) is 30.5 Å². The molecule has 0 aliphatic carbocycles. The standard InChI is InChI=1S/C13H20N2O3/c1-3-10(4-5-16)8-14-13(18)11-6-9(2)15-12(17)7-11/h6-7,10,16H,3-5,8H2,1-2H3,(H,14,18)(H,15,17). The van der Waals surface area contributed by atoms with E-state index in [1.165, 1.54) is 6.07 Å². The maximum absolute atomic E-state index is 11.8. The van der Waals surface area contributed by atoms with Crippen molar-refractivity contribution in [2.75, 3.05) is 13.2 Å². The molecule has 0 bridgehead atoms. The van der Waals surface area contributed by atoms with Crippen molar-refractivity contribution in [1.82, 2.24) is 10.3 Å². The average Bonchev–Trinajstić information content (AvgIpc) is 2.32. The van der Waals surface area contributed by atoms with E-state index in [-0.39, 0.29) is 24.0 Å². The second-order valence-corrected chi connectivity index (χ2v) is 4.41. The molecule has 1 unspecified atom stereocenters. The SMILES string of the molecule is CCC(CCO)CNC(=O)c1cc(C)[nH]c(=O)c1. The van der Waals surface area contributed by atoms with Gasteiger partial charge in [-0.15, -0.1) is 0 Å². The Morgan fingerprint density at radius 1 is 1.50 bits per heavy atom. The fourth-order valence-electron chi connectivity index (χ4n) is 1.79. The summed E-state index contributed by atoms with van der Waals surface area (Å²) in [4.78, 5) is 25.7. The predicted octanol–water partition coefficient (Wildman–Crippen LogP) is 0.822. The first-order valence-corrected chi connectivity index (χ1v) is 6.16. The van der Waals surface area contributed by atoms with Gasteiger partial charge in [0.15, 0.2) is 0 Å². The maximum atomic E-state index is 11.8. The summed E-state index contributed by atoms with van der Waals surface area (Å²) in [5, 5.41) is 11.7. The first kappa shape index (κ1) is 14.4. The van der Waals surface area contributed by atoms with E-state index in [9.17, 15) is 9.59 Å². The molecule has 0 spiro atoms. The van der Waals surface area contributed by atoms with Crippen molar-refractivity contribution in [1.29, 1.82) is 0 Å². The molecule has 1 aromatic heterocycles. The Labute approximate surface area is 106 Å². The highest BCUT2D eigenvalue weighted by atomic mass is 16.3. The highest BCUT2D eigenvalue weighted by Crippen LogP contribution is 2.06. The Morgan fingerprint density at radius 2 is 2.22 bits per heavy atom. The Bertz CT molecular complexity index is 454. The van der Waals surface area contributed by atoms with Crippen molar-refractivity contribution in [3.8, 4) is 0 Å². The lowest BCUT2D eigenvalue weighted by Crippen LogP contribution is -2.30. The fourth-order valence-corrected chi connectivity index (χ4v) is 1.79. The molecule has 5 nitrogen and oxygen atoms in total. The molecule has 0 aliphatic heterocycles. The van der Waals surface area contributed by atoms with Crippen LogP contribution >= 0.6 is 0 Å². The average molecular weight is 252 g/mol. The fraction of sp³-hybridized carbons (Fsp3) is 0.538. The molecule has 0 radical (unpaired) electrons. The normalized spacial score (nSPS) is 12.2. The smallest absolute Gasteiger partial charge is 0.251 e. The summed E-state index contributed by atoms with van der Waals surface area (Å²) in [5.41, 5.74) is 0.757. The molecule has 0 aliphatic rings. The molecule has 100 valence electrons. The number of H-pyrrole nitrogens is 1. The van der Waals surface area contributed by atoms with Crippen LogP contribution in [0.15, 0.2) is 16.9 Å². The van der Waals surface area contributed by atoms with E-state index in [4.69, 9.17) is 5.11 Å². The largest absolute Gasteiger partial charge is 0.396 e. The van der Waals surface area contributed by atoms with Crippen LogP contribution in [-0.2, 0) is 0 Å². The van der Waals surface area contributed by atoms with Crippen molar-refractivity contribution < 1.29 is 9.90 Å². The molecular weight excluding hydrogens is 232 g/mol. The molecule has 3 N–H and O–H groups in total. The van der Waals surface area contributed by atoms with Crippen LogP contribution in [0.1, 0.15) is 35.8 Å². The van der Waals surface area contributed by atoms with Gasteiger partial charge in [-0.1, -0.05) is 13.3 Å². The van der Waals surface area contributed by atoms with Gasteiger partial charge in [0.25, 0.3) is 5.91 Å². The second-order valence-electron chi connectivity index (χ2n) is 4.41. The number of carbonyl (C=O) groups excluding carboxylic acids is 1. The Balaban J connectivity index is 2.62. The minimum absolute atomic E-state index is 0.124. The number of hydrogen-bond donors (Lipinski definition) is 3. The van der Waals surface area contributed by atoms with Gasteiger partial charge in [0.2, 0.25) is 5.56 Å². The molecule has 18 heavy (non-hydrogen) atoms. The van der Waals surface area contributed by atoms with Crippen molar-refractivity contribution in [3.63, 3.8) is 0 Å². The summed E-state index contributed by atoms with van der Waals surface area (Å²) in [7, 11) is 0. The third kappa shape index (κ3) is 4.33. The zero-order valence-electron chi connectivity index (χ0n) is 10.8. The van der Waals surface area contributed by atoms with E-state index in [2.05, 4.69) is 10.3 Å². The van der Waals surface area contributed by atoms with Gasteiger partial charge in [-0.05, 0) is 25.3 Å². The maximum Gasteiger partial charge on any atom is 0.251 e. The first-order valence-electron chi connectivity index (χ1n) is 6.16. The predicted molar refractivity (Wildman–Crippen MR) is 69.6 cm³/mol. The monoisotopic (exact) mass is 252 g/mol. The lowest BCUT2D eigenvalue weighted by molar-refractivity contribution is 0.0943. The van der Waals surface area contributed by atoms with Gasteiger partial charge in [-0.3, -0.25) is 9.59 Å². The Kier molecular flexibility index (Phi) is 5.58. The van der Waals surface area contributed by atoms with Crippen LogP contribution < -0.4 is 10.9 Å². The number of rotatable bonds is 6. The van der Waals surface area contributed by atoms with Gasteiger partial charge >= 0.3 is 0 Å². The van der Waals surface area contributed by atoms with Crippen LogP contribution in [0.2, 0.25) is 0 Å². The topological polar surface area (TPSA) is 82.2 Å². The van der Waals surface area contributed by atoms with Gasteiger partial charge in [-0.25, -0.2) is 0 Å². The van der Waals surface area contributed by atoms with E-state index >= 15 is 0 Å². The number of pyridine rings is 1. The van der Waals surface area contributed by atoms with Gasteiger partial charge in [-0.2, -0.15) is 0 Å². The van der Waals surface area contributed by atoms with Crippen LogP contribution in [0.5, 0.6) is 0 Å². The molecule has 0 aromatic carbocycles.